The van der Waals surface area contributed by atoms with Crippen LogP contribution >= 0.6 is 0 Å². The zero-order valence-corrected chi connectivity index (χ0v) is 9.80. The Hall–Kier alpha value is -1.10. The minimum absolute atomic E-state index is 0.192. The Labute approximate surface area is 96.3 Å². The standard InChI is InChI=1S/C12H20N2O2/c1-14(2)8-7-11(13)12(16)9-3-5-10(15)6-4-9/h3-6,11-12,15-16H,7-8,13H2,1-2H3. The van der Waals surface area contributed by atoms with Gasteiger partial charge in [0.25, 0.3) is 0 Å². The number of benzene rings is 1. The molecule has 4 N–H and O–H groups in total. The first-order chi connectivity index (χ1) is 7.50. The summed E-state index contributed by atoms with van der Waals surface area (Å²) in [6.45, 7) is 0.844. The molecule has 2 unspecified atom stereocenters. The molecule has 1 aromatic carbocycles. The summed E-state index contributed by atoms with van der Waals surface area (Å²) >= 11 is 0. The van der Waals surface area contributed by atoms with Crippen LogP contribution in [-0.2, 0) is 0 Å². The molecule has 16 heavy (non-hydrogen) atoms. The SMILES string of the molecule is CN(C)CCC(N)C(O)c1ccc(O)cc1. The smallest absolute Gasteiger partial charge is 0.115 e. The van der Waals surface area contributed by atoms with Crippen LogP contribution in [0.15, 0.2) is 24.3 Å². The highest BCUT2D eigenvalue weighted by atomic mass is 16.3. The zero-order chi connectivity index (χ0) is 12.1. The number of phenols is 1. The van der Waals surface area contributed by atoms with E-state index < -0.39 is 6.10 Å². The molecule has 90 valence electrons. The van der Waals surface area contributed by atoms with Gasteiger partial charge in [-0.1, -0.05) is 12.1 Å². The lowest BCUT2D eigenvalue weighted by Gasteiger charge is -2.21. The Balaban J connectivity index is 2.56. The van der Waals surface area contributed by atoms with E-state index in [0.717, 1.165) is 18.5 Å². The fourth-order valence-corrected chi connectivity index (χ4v) is 1.48. The maximum atomic E-state index is 9.97. The van der Waals surface area contributed by atoms with Crippen molar-refractivity contribution in [2.45, 2.75) is 18.6 Å². The van der Waals surface area contributed by atoms with E-state index in [0.29, 0.717) is 0 Å². The van der Waals surface area contributed by atoms with E-state index in [1.165, 1.54) is 0 Å². The number of aromatic hydroxyl groups is 1. The first-order valence-electron chi connectivity index (χ1n) is 5.38. The second-order valence-electron chi connectivity index (χ2n) is 4.29. The highest BCUT2D eigenvalue weighted by Crippen LogP contribution is 2.20. The molecule has 0 saturated heterocycles. The Morgan fingerprint density at radius 3 is 2.31 bits per heavy atom. The van der Waals surface area contributed by atoms with Crippen LogP contribution in [0.4, 0.5) is 0 Å². The predicted octanol–water partition coefficient (Wildman–Crippen LogP) is 0.705. The molecule has 0 saturated carbocycles. The monoisotopic (exact) mass is 224 g/mol. The molecule has 4 nitrogen and oxygen atoms in total. The van der Waals surface area contributed by atoms with Crippen molar-refractivity contribution in [2.75, 3.05) is 20.6 Å². The van der Waals surface area contributed by atoms with E-state index in [9.17, 15) is 5.11 Å². The summed E-state index contributed by atoms with van der Waals surface area (Å²) in [5.74, 6) is 0.192. The van der Waals surface area contributed by atoms with Gasteiger partial charge in [0.2, 0.25) is 0 Å². The van der Waals surface area contributed by atoms with Crippen molar-refractivity contribution in [3.63, 3.8) is 0 Å². The summed E-state index contributed by atoms with van der Waals surface area (Å²) in [7, 11) is 3.94. The Morgan fingerprint density at radius 1 is 1.25 bits per heavy atom. The molecule has 0 aromatic heterocycles. The van der Waals surface area contributed by atoms with Gasteiger partial charge in [-0.2, -0.15) is 0 Å². The van der Waals surface area contributed by atoms with Gasteiger partial charge >= 0.3 is 0 Å². The fraction of sp³-hybridized carbons (Fsp3) is 0.500. The molecule has 0 bridgehead atoms. The zero-order valence-electron chi connectivity index (χ0n) is 9.80. The van der Waals surface area contributed by atoms with E-state index in [1.54, 1.807) is 24.3 Å². The third-order valence-electron chi connectivity index (χ3n) is 2.55. The molecule has 1 aromatic rings. The van der Waals surface area contributed by atoms with Gasteiger partial charge in [-0.05, 0) is 44.8 Å². The summed E-state index contributed by atoms with van der Waals surface area (Å²) in [6, 6.07) is 6.20. The van der Waals surface area contributed by atoms with Crippen LogP contribution in [0.2, 0.25) is 0 Å². The molecule has 0 heterocycles. The molecule has 2 atom stereocenters. The quantitative estimate of drug-likeness (QED) is 0.689. The molecule has 0 aliphatic rings. The van der Waals surface area contributed by atoms with Crippen molar-refractivity contribution in [1.29, 1.82) is 0 Å². The van der Waals surface area contributed by atoms with Gasteiger partial charge in [-0.15, -0.1) is 0 Å². The topological polar surface area (TPSA) is 69.7 Å². The number of nitrogens with zero attached hydrogens (tertiary/aromatic N) is 1. The van der Waals surface area contributed by atoms with Crippen LogP contribution in [0, 0.1) is 0 Å². The number of nitrogens with two attached hydrogens (primary N) is 1. The van der Waals surface area contributed by atoms with Crippen molar-refractivity contribution in [3.05, 3.63) is 29.8 Å². The van der Waals surface area contributed by atoms with Crippen LogP contribution in [0.25, 0.3) is 0 Å². The molecule has 0 aliphatic heterocycles. The summed E-state index contributed by atoms with van der Waals surface area (Å²) in [5.41, 5.74) is 6.64. The number of aliphatic hydroxyl groups excluding tert-OH is 1. The molecule has 0 fully saturated rings. The lowest BCUT2D eigenvalue weighted by molar-refractivity contribution is 0.137. The van der Waals surface area contributed by atoms with E-state index in [-0.39, 0.29) is 11.8 Å². The Bertz CT molecular complexity index is 311. The van der Waals surface area contributed by atoms with Crippen LogP contribution in [0.1, 0.15) is 18.1 Å². The number of hydrogen-bond donors (Lipinski definition) is 3. The highest BCUT2D eigenvalue weighted by Gasteiger charge is 2.16. The summed E-state index contributed by atoms with van der Waals surface area (Å²) in [4.78, 5) is 2.03. The number of aliphatic hydroxyl groups is 1. The van der Waals surface area contributed by atoms with Crippen molar-refractivity contribution in [1.82, 2.24) is 4.90 Å². The summed E-state index contributed by atoms with van der Waals surface area (Å²) < 4.78 is 0. The van der Waals surface area contributed by atoms with Gasteiger partial charge in [-0.3, -0.25) is 0 Å². The molecule has 4 heteroatoms. The maximum absolute atomic E-state index is 9.97. The molecular weight excluding hydrogens is 204 g/mol. The number of phenolic OH excluding ortho intramolecular Hbond substituents is 1. The third kappa shape index (κ3) is 3.81. The summed E-state index contributed by atoms with van der Waals surface area (Å²) in [5, 5.41) is 19.1. The first kappa shape index (κ1) is 13.0. The average molecular weight is 224 g/mol. The Morgan fingerprint density at radius 2 is 1.81 bits per heavy atom. The van der Waals surface area contributed by atoms with Gasteiger partial charge in [0.1, 0.15) is 5.75 Å². The first-order valence-corrected chi connectivity index (χ1v) is 5.38. The van der Waals surface area contributed by atoms with Gasteiger partial charge < -0.3 is 20.8 Å². The second kappa shape index (κ2) is 5.84. The van der Waals surface area contributed by atoms with Crippen LogP contribution < -0.4 is 5.73 Å². The number of hydrogen-bond acceptors (Lipinski definition) is 4. The van der Waals surface area contributed by atoms with Crippen molar-refractivity contribution in [3.8, 4) is 5.75 Å². The minimum atomic E-state index is -0.680. The van der Waals surface area contributed by atoms with Crippen LogP contribution in [0.5, 0.6) is 5.75 Å². The van der Waals surface area contributed by atoms with E-state index in [2.05, 4.69) is 0 Å². The molecular formula is C12H20N2O2. The van der Waals surface area contributed by atoms with Gasteiger partial charge in [-0.25, -0.2) is 0 Å². The minimum Gasteiger partial charge on any atom is -0.508 e. The largest absolute Gasteiger partial charge is 0.508 e. The molecule has 0 aliphatic carbocycles. The highest BCUT2D eigenvalue weighted by molar-refractivity contribution is 5.27. The van der Waals surface area contributed by atoms with Gasteiger partial charge in [0.15, 0.2) is 0 Å². The van der Waals surface area contributed by atoms with Crippen molar-refractivity contribution >= 4 is 0 Å². The Kier molecular flexibility index (Phi) is 4.73. The van der Waals surface area contributed by atoms with E-state index in [1.807, 2.05) is 19.0 Å². The van der Waals surface area contributed by atoms with E-state index >= 15 is 0 Å². The van der Waals surface area contributed by atoms with Crippen LogP contribution in [-0.4, -0.2) is 41.8 Å². The second-order valence-corrected chi connectivity index (χ2v) is 4.29. The average Bonchev–Trinajstić information content (AvgIpc) is 2.26. The lowest BCUT2D eigenvalue weighted by Crippen LogP contribution is -2.32. The van der Waals surface area contributed by atoms with Crippen molar-refractivity contribution < 1.29 is 10.2 Å². The fourth-order valence-electron chi connectivity index (χ4n) is 1.48. The molecule has 1 rings (SSSR count). The predicted molar refractivity (Wildman–Crippen MR) is 64.2 cm³/mol. The van der Waals surface area contributed by atoms with Crippen molar-refractivity contribution in [2.24, 2.45) is 5.73 Å². The van der Waals surface area contributed by atoms with E-state index in [4.69, 9.17) is 10.8 Å². The molecule has 0 amide bonds. The van der Waals surface area contributed by atoms with Crippen LogP contribution in [0.3, 0.4) is 0 Å². The van der Waals surface area contributed by atoms with Gasteiger partial charge in [0, 0.05) is 6.04 Å². The molecule has 0 spiro atoms. The van der Waals surface area contributed by atoms with Gasteiger partial charge in [0.05, 0.1) is 6.10 Å². The third-order valence-corrected chi connectivity index (χ3v) is 2.55. The lowest BCUT2D eigenvalue weighted by atomic mass is 10.0. The number of rotatable bonds is 5. The molecule has 0 radical (unpaired) electrons. The maximum Gasteiger partial charge on any atom is 0.115 e. The summed E-state index contributed by atoms with van der Waals surface area (Å²) in [6.07, 6.45) is 0.0511. The normalized spacial score (nSPS) is 15.1.